The van der Waals surface area contributed by atoms with Crippen LogP contribution in [0.25, 0.3) is 0 Å². The molecule has 2 aromatic carbocycles. The number of nitrogens with zero attached hydrogens (tertiary/aromatic N) is 2. The lowest BCUT2D eigenvalue weighted by atomic mass is 9.93. The summed E-state index contributed by atoms with van der Waals surface area (Å²) in [5.74, 6) is -0.295. The third-order valence-electron chi connectivity index (χ3n) is 6.26. The molecule has 0 aliphatic carbocycles. The molecule has 0 bridgehead atoms. The maximum absolute atomic E-state index is 13.8. The molecule has 2 heterocycles. The van der Waals surface area contributed by atoms with Gasteiger partial charge in [-0.2, -0.15) is 0 Å². The summed E-state index contributed by atoms with van der Waals surface area (Å²) in [5.41, 5.74) is 2.40. The molecule has 0 spiro atoms. The first kappa shape index (κ1) is 26.0. The molecule has 0 fully saturated rings. The fourth-order valence-corrected chi connectivity index (χ4v) is 6.11. The lowest BCUT2D eigenvalue weighted by Crippen LogP contribution is -2.47. The summed E-state index contributed by atoms with van der Waals surface area (Å²) >= 11 is 20.6. The number of fused-ring (bicyclic) bond motifs is 1. The zero-order valence-electron chi connectivity index (χ0n) is 19.5. The van der Waals surface area contributed by atoms with Crippen LogP contribution in [0, 0.1) is 0 Å². The molecule has 4 nitrogen and oxygen atoms in total. The highest BCUT2D eigenvalue weighted by Gasteiger charge is 2.35. The molecule has 4 rings (SSSR count). The summed E-state index contributed by atoms with van der Waals surface area (Å²) in [5, 5.41) is 3.62. The van der Waals surface area contributed by atoms with Gasteiger partial charge in [0.2, 0.25) is 5.91 Å². The summed E-state index contributed by atoms with van der Waals surface area (Å²) in [7, 11) is 0. The van der Waals surface area contributed by atoms with Gasteiger partial charge in [0.1, 0.15) is 6.54 Å². The van der Waals surface area contributed by atoms with Crippen molar-refractivity contribution in [2.75, 3.05) is 19.6 Å². The number of amides is 2. The van der Waals surface area contributed by atoms with E-state index in [9.17, 15) is 9.59 Å². The van der Waals surface area contributed by atoms with Gasteiger partial charge in [0.15, 0.2) is 0 Å². The minimum atomic E-state index is -0.318. The van der Waals surface area contributed by atoms with Gasteiger partial charge < -0.3 is 9.80 Å². The standard InChI is InChI=1S/C27H27Cl3N2O2S/c1-2-3-4-12-31(27(34)18-6-5-7-19(28)15-18)17-25(33)32-13-10-24-22(11-14-35-24)26(32)21-9-8-20(29)16-23(21)30/h5-9,11,14-16,26H,2-4,10,12-13,17H2,1H3. The minimum Gasteiger partial charge on any atom is -0.330 e. The van der Waals surface area contributed by atoms with Crippen LogP contribution >= 0.6 is 46.1 Å². The van der Waals surface area contributed by atoms with Crippen LogP contribution in [-0.2, 0) is 11.2 Å². The molecule has 2 amide bonds. The minimum absolute atomic E-state index is 0.00373. The van der Waals surface area contributed by atoms with Crippen LogP contribution in [0.15, 0.2) is 53.9 Å². The van der Waals surface area contributed by atoms with Gasteiger partial charge in [-0.3, -0.25) is 9.59 Å². The van der Waals surface area contributed by atoms with Crippen molar-refractivity contribution < 1.29 is 9.59 Å². The molecule has 1 unspecified atom stereocenters. The Labute approximate surface area is 225 Å². The molecule has 35 heavy (non-hydrogen) atoms. The van der Waals surface area contributed by atoms with Crippen molar-refractivity contribution >= 4 is 58.0 Å². The lowest BCUT2D eigenvalue weighted by Gasteiger charge is -2.38. The van der Waals surface area contributed by atoms with E-state index in [1.165, 1.54) is 4.88 Å². The topological polar surface area (TPSA) is 40.6 Å². The Balaban J connectivity index is 1.63. The number of benzene rings is 2. The molecule has 1 aliphatic heterocycles. The van der Waals surface area contributed by atoms with Crippen LogP contribution in [0.2, 0.25) is 15.1 Å². The first-order valence-corrected chi connectivity index (χ1v) is 13.8. The van der Waals surface area contributed by atoms with E-state index in [2.05, 4.69) is 18.4 Å². The number of rotatable bonds is 8. The molecule has 0 saturated carbocycles. The van der Waals surface area contributed by atoms with Gasteiger partial charge in [0.05, 0.1) is 6.04 Å². The van der Waals surface area contributed by atoms with E-state index in [1.807, 2.05) is 11.0 Å². The van der Waals surface area contributed by atoms with Crippen molar-refractivity contribution in [3.05, 3.63) is 90.5 Å². The fourth-order valence-electron chi connectivity index (χ4n) is 4.51. The Morgan fingerprint density at radius 2 is 1.83 bits per heavy atom. The van der Waals surface area contributed by atoms with Crippen LogP contribution < -0.4 is 0 Å². The highest BCUT2D eigenvalue weighted by Crippen LogP contribution is 2.41. The second-order valence-electron chi connectivity index (χ2n) is 8.65. The Kier molecular flexibility index (Phi) is 8.77. The molecule has 3 aromatic rings. The normalized spacial score (nSPS) is 15.1. The Bertz CT molecular complexity index is 1210. The van der Waals surface area contributed by atoms with Crippen molar-refractivity contribution in [3.63, 3.8) is 0 Å². The van der Waals surface area contributed by atoms with Crippen molar-refractivity contribution in [1.82, 2.24) is 9.80 Å². The van der Waals surface area contributed by atoms with E-state index < -0.39 is 0 Å². The van der Waals surface area contributed by atoms with E-state index in [0.29, 0.717) is 33.7 Å². The Morgan fingerprint density at radius 3 is 2.57 bits per heavy atom. The first-order valence-electron chi connectivity index (χ1n) is 11.7. The van der Waals surface area contributed by atoms with Crippen LogP contribution in [0.5, 0.6) is 0 Å². The molecule has 1 aliphatic rings. The molecule has 1 atom stereocenters. The van der Waals surface area contributed by atoms with E-state index >= 15 is 0 Å². The molecule has 0 saturated heterocycles. The van der Waals surface area contributed by atoms with E-state index in [0.717, 1.165) is 36.8 Å². The zero-order valence-corrected chi connectivity index (χ0v) is 22.6. The van der Waals surface area contributed by atoms with Gasteiger partial charge in [-0.25, -0.2) is 0 Å². The average Bonchev–Trinajstić information content (AvgIpc) is 3.32. The average molecular weight is 550 g/mol. The molecular weight excluding hydrogens is 523 g/mol. The number of carbonyl (C=O) groups is 2. The van der Waals surface area contributed by atoms with Gasteiger partial charge in [0, 0.05) is 38.6 Å². The monoisotopic (exact) mass is 548 g/mol. The van der Waals surface area contributed by atoms with Crippen molar-refractivity contribution in [3.8, 4) is 0 Å². The number of hydrogen-bond acceptors (Lipinski definition) is 3. The summed E-state index contributed by atoms with van der Waals surface area (Å²) in [4.78, 5) is 31.9. The second-order valence-corrected chi connectivity index (χ2v) is 10.9. The molecule has 0 N–H and O–H groups in total. The van der Waals surface area contributed by atoms with Crippen molar-refractivity contribution in [1.29, 1.82) is 0 Å². The third kappa shape index (κ3) is 6.03. The van der Waals surface area contributed by atoms with Crippen LogP contribution in [-0.4, -0.2) is 41.2 Å². The van der Waals surface area contributed by atoms with E-state index in [4.69, 9.17) is 34.8 Å². The number of unbranched alkanes of at least 4 members (excludes halogenated alkanes) is 2. The zero-order chi connectivity index (χ0) is 24.9. The smallest absolute Gasteiger partial charge is 0.254 e. The van der Waals surface area contributed by atoms with Crippen molar-refractivity contribution in [2.24, 2.45) is 0 Å². The molecule has 184 valence electrons. The van der Waals surface area contributed by atoms with Crippen molar-refractivity contribution in [2.45, 2.75) is 38.6 Å². The fraction of sp³-hybridized carbons (Fsp3) is 0.333. The predicted molar refractivity (Wildman–Crippen MR) is 145 cm³/mol. The number of carbonyl (C=O) groups excluding carboxylic acids is 2. The molecular formula is C27H27Cl3N2O2S. The largest absolute Gasteiger partial charge is 0.330 e. The van der Waals surface area contributed by atoms with Crippen LogP contribution in [0.1, 0.15) is 58.6 Å². The van der Waals surface area contributed by atoms with Crippen LogP contribution in [0.3, 0.4) is 0 Å². The number of hydrogen-bond donors (Lipinski definition) is 0. The second kappa shape index (κ2) is 11.8. The summed E-state index contributed by atoms with van der Waals surface area (Å²) in [6, 6.07) is 14.0. The van der Waals surface area contributed by atoms with E-state index in [1.54, 1.807) is 52.6 Å². The summed E-state index contributed by atoms with van der Waals surface area (Å²) < 4.78 is 0. The van der Waals surface area contributed by atoms with Gasteiger partial charge in [0.25, 0.3) is 5.91 Å². The lowest BCUT2D eigenvalue weighted by molar-refractivity contribution is -0.134. The Hall–Kier alpha value is -2.05. The summed E-state index contributed by atoms with van der Waals surface area (Å²) in [6.07, 6.45) is 3.62. The SMILES string of the molecule is CCCCCN(CC(=O)N1CCc2sccc2C1c1ccc(Cl)cc1Cl)C(=O)c1cccc(Cl)c1. The van der Waals surface area contributed by atoms with E-state index in [-0.39, 0.29) is 24.4 Å². The van der Waals surface area contributed by atoms with Crippen LogP contribution in [0.4, 0.5) is 0 Å². The number of halogens is 3. The molecule has 0 radical (unpaired) electrons. The number of thiophene rings is 1. The first-order chi connectivity index (χ1) is 16.9. The molecule has 8 heteroatoms. The maximum atomic E-state index is 13.8. The Morgan fingerprint density at radius 1 is 1.03 bits per heavy atom. The maximum Gasteiger partial charge on any atom is 0.254 e. The van der Waals surface area contributed by atoms with Gasteiger partial charge in [-0.15, -0.1) is 11.3 Å². The highest BCUT2D eigenvalue weighted by atomic mass is 35.5. The third-order valence-corrected chi connectivity index (χ3v) is 8.05. The predicted octanol–water partition coefficient (Wildman–Crippen LogP) is 7.52. The van der Waals surface area contributed by atoms with Gasteiger partial charge in [-0.05, 0) is 65.7 Å². The molecule has 1 aromatic heterocycles. The highest BCUT2D eigenvalue weighted by molar-refractivity contribution is 7.10. The quantitative estimate of drug-likeness (QED) is 0.273. The van der Waals surface area contributed by atoms with Gasteiger partial charge >= 0.3 is 0 Å². The summed E-state index contributed by atoms with van der Waals surface area (Å²) in [6.45, 7) is 3.18. The van der Waals surface area contributed by atoms with Gasteiger partial charge in [-0.1, -0.05) is 66.7 Å².